The summed E-state index contributed by atoms with van der Waals surface area (Å²) < 4.78 is 55.8. The largest absolute Gasteiger partial charge is 0.705 e. The van der Waals surface area contributed by atoms with Crippen LogP contribution in [0.3, 0.4) is 0 Å². The second-order valence-electron chi connectivity index (χ2n) is 5.76. The Morgan fingerprint density at radius 2 is 1.03 bits per heavy atom. The third-order valence-corrected chi connectivity index (χ3v) is 8.30. The van der Waals surface area contributed by atoms with E-state index in [9.17, 15) is 33.7 Å². The number of aliphatic hydroxyl groups is 2. The van der Waals surface area contributed by atoms with Crippen LogP contribution in [-0.2, 0) is 42.8 Å². The molecule has 4 unspecified atom stereocenters. The maximum Gasteiger partial charge on any atom is 0.705 e. The monoisotopic (exact) mass is 481 g/mol. The minimum Gasteiger partial charge on any atom is -0.349 e. The van der Waals surface area contributed by atoms with E-state index < -0.39 is 34.5 Å². The average Bonchev–Trinajstić information content (AvgIpc) is 2.74. The van der Waals surface area contributed by atoms with Gasteiger partial charge in [0.15, 0.2) is 0 Å². The van der Waals surface area contributed by atoms with E-state index in [1.807, 2.05) is 0 Å². The van der Waals surface area contributed by atoms with E-state index in [4.69, 9.17) is 9.05 Å². The standard InChI is InChI=1S/C16H19O11P3/c1-24-29(20,21)15(17,13-9-5-3-6-10-13)26-28(19)27-16(18,30(22,23)25-2)14-11-7-4-8-12-14/h3-12,17-18H,1-2H3,(H-,20,21,22,23)/p+1. The predicted molar refractivity (Wildman–Crippen MR) is 104 cm³/mol. The lowest BCUT2D eigenvalue weighted by atomic mass is 10.2. The molecule has 30 heavy (non-hydrogen) atoms. The Kier molecular flexibility index (Phi) is 7.85. The van der Waals surface area contributed by atoms with Crippen molar-refractivity contribution in [3.8, 4) is 0 Å². The molecule has 0 heterocycles. The highest BCUT2D eigenvalue weighted by Gasteiger charge is 2.63. The first-order valence-electron chi connectivity index (χ1n) is 8.12. The molecule has 0 aliphatic carbocycles. The summed E-state index contributed by atoms with van der Waals surface area (Å²) in [6, 6.07) is 13.3. The van der Waals surface area contributed by atoms with E-state index in [1.165, 1.54) is 60.7 Å². The number of rotatable bonds is 10. The summed E-state index contributed by atoms with van der Waals surface area (Å²) in [6.07, 6.45) is 0. The summed E-state index contributed by atoms with van der Waals surface area (Å²) in [4.78, 5) is 20.1. The summed E-state index contributed by atoms with van der Waals surface area (Å²) in [5.74, 6) is 0. The lowest BCUT2D eigenvalue weighted by Gasteiger charge is -2.27. The lowest BCUT2D eigenvalue weighted by molar-refractivity contribution is -0.127. The fourth-order valence-electron chi connectivity index (χ4n) is 2.32. The molecule has 2 aromatic rings. The van der Waals surface area contributed by atoms with Crippen LogP contribution in [0.4, 0.5) is 0 Å². The zero-order valence-corrected chi connectivity index (χ0v) is 18.4. The van der Waals surface area contributed by atoms with Crippen LogP contribution >= 0.6 is 23.4 Å². The SMILES string of the molecule is COP(=O)(O)C(O)(O[P+](=O)OC(O)(c1ccccc1)P(=O)(O)OC)c1ccccc1. The van der Waals surface area contributed by atoms with E-state index in [2.05, 4.69) is 9.05 Å². The van der Waals surface area contributed by atoms with Crippen molar-refractivity contribution in [2.75, 3.05) is 14.2 Å². The van der Waals surface area contributed by atoms with Gasteiger partial charge in [-0.25, -0.2) is 0 Å². The van der Waals surface area contributed by atoms with Crippen molar-refractivity contribution in [3.05, 3.63) is 71.8 Å². The van der Waals surface area contributed by atoms with Gasteiger partial charge in [0, 0.05) is 29.9 Å². The van der Waals surface area contributed by atoms with Crippen molar-refractivity contribution in [2.24, 2.45) is 0 Å². The van der Waals surface area contributed by atoms with Gasteiger partial charge in [-0.3, -0.25) is 9.13 Å². The smallest absolute Gasteiger partial charge is 0.349 e. The first-order valence-corrected chi connectivity index (χ1v) is 12.4. The zero-order chi connectivity index (χ0) is 22.6. The van der Waals surface area contributed by atoms with Crippen molar-refractivity contribution in [1.82, 2.24) is 0 Å². The Hall–Kier alpha value is -1.32. The molecule has 0 spiro atoms. The van der Waals surface area contributed by atoms with Crippen LogP contribution in [0.15, 0.2) is 60.7 Å². The Morgan fingerprint density at radius 1 is 0.733 bits per heavy atom. The van der Waals surface area contributed by atoms with Crippen molar-refractivity contribution in [2.45, 2.75) is 11.1 Å². The Morgan fingerprint density at radius 3 is 1.30 bits per heavy atom. The summed E-state index contributed by atoms with van der Waals surface area (Å²) in [6.45, 7) is 0. The molecule has 0 amide bonds. The number of benzene rings is 2. The Labute approximate surface area is 172 Å². The van der Waals surface area contributed by atoms with Crippen molar-refractivity contribution in [1.29, 1.82) is 0 Å². The summed E-state index contributed by atoms with van der Waals surface area (Å²) >= 11 is 0. The molecular weight excluding hydrogens is 461 g/mol. The normalized spacial score (nSPS) is 20.3. The van der Waals surface area contributed by atoms with Gasteiger partial charge >= 0.3 is 34.5 Å². The van der Waals surface area contributed by atoms with E-state index >= 15 is 0 Å². The predicted octanol–water partition coefficient (Wildman–Crippen LogP) is 2.95. The molecule has 0 aromatic heterocycles. The van der Waals surface area contributed by atoms with E-state index in [0.717, 1.165) is 14.2 Å². The van der Waals surface area contributed by atoms with E-state index in [0.29, 0.717) is 0 Å². The minimum atomic E-state index is -5.03. The van der Waals surface area contributed by atoms with Crippen LogP contribution in [0.1, 0.15) is 11.1 Å². The highest BCUT2D eigenvalue weighted by molar-refractivity contribution is 7.55. The van der Waals surface area contributed by atoms with Gasteiger partial charge in [0.05, 0.1) is 0 Å². The zero-order valence-electron chi connectivity index (χ0n) is 15.8. The molecule has 0 aliphatic heterocycles. The summed E-state index contributed by atoms with van der Waals surface area (Å²) in [7, 11) is -12.2. The highest BCUT2D eigenvalue weighted by atomic mass is 31.2. The molecule has 14 heteroatoms. The molecule has 0 saturated heterocycles. The molecule has 0 fully saturated rings. The van der Waals surface area contributed by atoms with E-state index in [-0.39, 0.29) is 11.1 Å². The van der Waals surface area contributed by atoms with Gasteiger partial charge < -0.3 is 29.0 Å². The molecule has 164 valence electrons. The number of hydrogen-bond donors (Lipinski definition) is 4. The third kappa shape index (κ3) is 4.78. The Balaban J connectivity index is 2.47. The van der Waals surface area contributed by atoms with Crippen molar-refractivity contribution in [3.63, 3.8) is 0 Å². The fraction of sp³-hybridized carbons (Fsp3) is 0.250. The quantitative estimate of drug-likeness (QED) is 0.291. The number of hydrogen-bond acceptors (Lipinski definition) is 9. The molecule has 0 radical (unpaired) electrons. The van der Waals surface area contributed by atoms with Gasteiger partial charge in [-0.2, -0.15) is 0 Å². The van der Waals surface area contributed by atoms with Gasteiger partial charge in [0.25, 0.3) is 0 Å². The third-order valence-electron chi connectivity index (χ3n) is 3.96. The van der Waals surface area contributed by atoms with Gasteiger partial charge in [0.2, 0.25) is 0 Å². The highest BCUT2D eigenvalue weighted by Crippen LogP contribution is 2.66. The second kappa shape index (κ2) is 9.44. The molecule has 0 saturated carbocycles. The molecule has 0 bridgehead atoms. The maximum atomic E-state index is 12.6. The molecule has 0 aliphatic rings. The van der Waals surface area contributed by atoms with Crippen LogP contribution in [-0.4, -0.2) is 34.2 Å². The lowest BCUT2D eigenvalue weighted by Crippen LogP contribution is -2.31. The van der Waals surface area contributed by atoms with Crippen molar-refractivity contribution >= 4 is 23.4 Å². The first kappa shape index (κ1) is 24.9. The van der Waals surface area contributed by atoms with Gasteiger partial charge in [-0.15, -0.1) is 0 Å². The van der Waals surface area contributed by atoms with Crippen LogP contribution in [0.25, 0.3) is 0 Å². The fourth-order valence-corrected chi connectivity index (χ4v) is 5.65. The molecule has 2 aromatic carbocycles. The molecule has 2 rings (SSSR count). The average molecular weight is 481 g/mol. The molecule has 4 N–H and O–H groups in total. The molecule has 4 atom stereocenters. The van der Waals surface area contributed by atoms with Crippen LogP contribution in [0.2, 0.25) is 0 Å². The second-order valence-corrected chi connectivity index (χ2v) is 10.6. The Bertz CT molecular complexity index is 893. The van der Waals surface area contributed by atoms with Gasteiger partial charge in [0.1, 0.15) is 0 Å². The van der Waals surface area contributed by atoms with Gasteiger partial charge in [-0.1, -0.05) is 69.7 Å². The molecular formula is C16H20O11P3+. The van der Waals surface area contributed by atoms with E-state index in [1.54, 1.807) is 0 Å². The van der Waals surface area contributed by atoms with Crippen LogP contribution < -0.4 is 0 Å². The van der Waals surface area contributed by atoms with Crippen LogP contribution in [0.5, 0.6) is 0 Å². The summed E-state index contributed by atoms with van der Waals surface area (Å²) in [5, 5.41) is 21.5. The van der Waals surface area contributed by atoms with Gasteiger partial charge in [-0.05, 0) is 0 Å². The topological polar surface area (TPSA) is 169 Å². The van der Waals surface area contributed by atoms with Crippen molar-refractivity contribution < 1.29 is 51.8 Å². The minimum absolute atomic E-state index is 0.327. The van der Waals surface area contributed by atoms with Crippen LogP contribution in [0, 0.1) is 0 Å². The first-order chi connectivity index (χ1) is 13.9. The maximum absolute atomic E-state index is 12.6. The summed E-state index contributed by atoms with van der Waals surface area (Å²) in [5.41, 5.74) is -7.04. The molecule has 11 nitrogen and oxygen atoms in total.